The Hall–Kier alpha value is -1.18. The molecule has 23 heavy (non-hydrogen) atoms. The molecule has 7 heteroatoms. The van der Waals surface area contributed by atoms with E-state index in [1.165, 1.54) is 0 Å². The number of carbonyl (C=O) groups is 1. The minimum Gasteiger partial charge on any atom is -0.490 e. The van der Waals surface area contributed by atoms with Gasteiger partial charge in [-0.25, -0.2) is 0 Å². The third-order valence-electron chi connectivity index (χ3n) is 3.29. The number of thiocarbonyl (C=S) groups is 1. The van der Waals surface area contributed by atoms with Crippen LogP contribution in [-0.4, -0.2) is 36.4 Å². The SMILES string of the molecule is CC(C)Oc1ccc(Br)cc1C(=O)NC(=S)NCC1CCCO1. The predicted octanol–water partition coefficient (Wildman–Crippen LogP) is 3.02. The number of benzene rings is 1. The second-order valence-electron chi connectivity index (χ2n) is 5.61. The van der Waals surface area contributed by atoms with Crippen LogP contribution in [0.5, 0.6) is 5.75 Å². The van der Waals surface area contributed by atoms with Crippen LogP contribution in [0.3, 0.4) is 0 Å². The number of nitrogens with one attached hydrogen (secondary N) is 2. The highest BCUT2D eigenvalue weighted by atomic mass is 79.9. The molecule has 1 amide bonds. The molecule has 1 aromatic carbocycles. The largest absolute Gasteiger partial charge is 0.490 e. The van der Waals surface area contributed by atoms with Crippen molar-refractivity contribution in [2.24, 2.45) is 0 Å². The lowest BCUT2D eigenvalue weighted by Gasteiger charge is -2.16. The van der Waals surface area contributed by atoms with E-state index in [9.17, 15) is 4.79 Å². The van der Waals surface area contributed by atoms with Crippen LogP contribution < -0.4 is 15.4 Å². The molecule has 5 nitrogen and oxygen atoms in total. The van der Waals surface area contributed by atoms with Crippen molar-refractivity contribution in [3.8, 4) is 5.75 Å². The quantitative estimate of drug-likeness (QED) is 0.743. The Kier molecular flexibility index (Phi) is 6.80. The molecule has 1 heterocycles. The van der Waals surface area contributed by atoms with Gasteiger partial charge in [0.1, 0.15) is 5.75 Å². The molecule has 0 radical (unpaired) electrons. The monoisotopic (exact) mass is 400 g/mol. The lowest BCUT2D eigenvalue weighted by atomic mass is 10.2. The van der Waals surface area contributed by atoms with Gasteiger partial charge in [-0.05, 0) is 57.1 Å². The second kappa shape index (κ2) is 8.61. The topological polar surface area (TPSA) is 59.6 Å². The van der Waals surface area contributed by atoms with E-state index < -0.39 is 0 Å². The first-order chi connectivity index (χ1) is 11.0. The fourth-order valence-electron chi connectivity index (χ4n) is 2.26. The fraction of sp³-hybridized carbons (Fsp3) is 0.500. The van der Waals surface area contributed by atoms with E-state index in [4.69, 9.17) is 21.7 Å². The molecule has 0 aliphatic carbocycles. The Balaban J connectivity index is 1.95. The molecule has 0 spiro atoms. The van der Waals surface area contributed by atoms with E-state index in [0.717, 1.165) is 23.9 Å². The van der Waals surface area contributed by atoms with Crippen LogP contribution in [0.25, 0.3) is 0 Å². The Bertz CT molecular complexity index is 574. The summed E-state index contributed by atoms with van der Waals surface area (Å²) in [5.74, 6) is 0.231. The molecule has 0 bridgehead atoms. The van der Waals surface area contributed by atoms with E-state index >= 15 is 0 Å². The molecule has 2 rings (SSSR count). The number of carbonyl (C=O) groups excluding carboxylic acids is 1. The molecule has 2 N–H and O–H groups in total. The van der Waals surface area contributed by atoms with Gasteiger partial charge >= 0.3 is 0 Å². The van der Waals surface area contributed by atoms with E-state index in [2.05, 4.69) is 26.6 Å². The summed E-state index contributed by atoms with van der Waals surface area (Å²) < 4.78 is 12.0. The highest BCUT2D eigenvalue weighted by molar-refractivity contribution is 9.10. The molecule has 1 fully saturated rings. The molecule has 1 saturated heterocycles. The minimum atomic E-state index is -0.299. The number of halogens is 1. The third kappa shape index (κ3) is 5.75. The first-order valence-corrected chi connectivity index (χ1v) is 8.83. The second-order valence-corrected chi connectivity index (χ2v) is 6.93. The molecule has 1 atom stereocenters. The van der Waals surface area contributed by atoms with Crippen LogP contribution in [0.4, 0.5) is 0 Å². The zero-order valence-corrected chi connectivity index (χ0v) is 15.6. The Morgan fingerprint density at radius 3 is 2.96 bits per heavy atom. The molecule has 0 aromatic heterocycles. The Morgan fingerprint density at radius 2 is 2.30 bits per heavy atom. The van der Waals surface area contributed by atoms with Gasteiger partial charge in [0.05, 0.1) is 17.8 Å². The van der Waals surface area contributed by atoms with Crippen LogP contribution >= 0.6 is 28.1 Å². The number of rotatable bonds is 5. The first kappa shape index (κ1) is 18.2. The molecular weight excluding hydrogens is 380 g/mol. The summed E-state index contributed by atoms with van der Waals surface area (Å²) in [6, 6.07) is 5.32. The first-order valence-electron chi connectivity index (χ1n) is 7.62. The molecule has 1 unspecified atom stereocenters. The molecular formula is C16H21BrN2O3S. The van der Waals surface area contributed by atoms with Gasteiger partial charge < -0.3 is 14.8 Å². The summed E-state index contributed by atoms with van der Waals surface area (Å²) in [6.45, 7) is 5.22. The van der Waals surface area contributed by atoms with Crippen LogP contribution in [0, 0.1) is 0 Å². The molecule has 126 valence electrons. The van der Waals surface area contributed by atoms with Gasteiger partial charge in [-0.15, -0.1) is 0 Å². The van der Waals surface area contributed by atoms with Crippen molar-refractivity contribution in [2.45, 2.75) is 38.9 Å². The highest BCUT2D eigenvalue weighted by Gasteiger charge is 2.18. The summed E-state index contributed by atoms with van der Waals surface area (Å²) in [5, 5.41) is 6.00. The van der Waals surface area contributed by atoms with Crippen molar-refractivity contribution in [2.75, 3.05) is 13.2 Å². The molecule has 1 aromatic rings. The van der Waals surface area contributed by atoms with Gasteiger partial charge in [-0.2, -0.15) is 0 Å². The summed E-state index contributed by atoms with van der Waals surface area (Å²) >= 11 is 8.55. The van der Waals surface area contributed by atoms with Gasteiger partial charge in [-0.3, -0.25) is 10.1 Å². The number of hydrogen-bond donors (Lipinski definition) is 2. The van der Waals surface area contributed by atoms with E-state index in [1.807, 2.05) is 19.9 Å². The van der Waals surface area contributed by atoms with Crippen molar-refractivity contribution in [3.63, 3.8) is 0 Å². The van der Waals surface area contributed by atoms with Crippen molar-refractivity contribution in [1.29, 1.82) is 0 Å². The summed E-state index contributed by atoms with van der Waals surface area (Å²) in [6.07, 6.45) is 2.23. The summed E-state index contributed by atoms with van der Waals surface area (Å²) in [4.78, 5) is 12.4. The lowest BCUT2D eigenvalue weighted by Crippen LogP contribution is -2.42. The Morgan fingerprint density at radius 1 is 1.52 bits per heavy atom. The standard InChI is InChI=1S/C16H21BrN2O3S/c1-10(2)22-14-6-5-11(17)8-13(14)15(20)19-16(23)18-9-12-4-3-7-21-12/h5-6,8,10,12H,3-4,7,9H2,1-2H3,(H2,18,19,20,23). The third-order valence-corrected chi connectivity index (χ3v) is 4.03. The number of ether oxygens (including phenoxy) is 2. The van der Waals surface area contributed by atoms with Gasteiger partial charge in [0.25, 0.3) is 5.91 Å². The molecule has 0 saturated carbocycles. The van der Waals surface area contributed by atoms with E-state index in [-0.39, 0.29) is 18.1 Å². The lowest BCUT2D eigenvalue weighted by molar-refractivity contribution is 0.0967. The zero-order chi connectivity index (χ0) is 16.8. The van der Waals surface area contributed by atoms with Crippen molar-refractivity contribution >= 4 is 39.2 Å². The average molecular weight is 401 g/mol. The van der Waals surface area contributed by atoms with Crippen molar-refractivity contribution < 1.29 is 14.3 Å². The maximum Gasteiger partial charge on any atom is 0.261 e. The number of hydrogen-bond acceptors (Lipinski definition) is 4. The van der Waals surface area contributed by atoms with Crippen LogP contribution in [0.1, 0.15) is 37.0 Å². The average Bonchev–Trinajstić information content (AvgIpc) is 3.00. The van der Waals surface area contributed by atoms with Crippen molar-refractivity contribution in [3.05, 3.63) is 28.2 Å². The maximum absolute atomic E-state index is 12.4. The molecule has 1 aliphatic rings. The minimum absolute atomic E-state index is 0.0210. The molecule has 1 aliphatic heterocycles. The van der Waals surface area contributed by atoms with E-state index in [0.29, 0.717) is 23.0 Å². The highest BCUT2D eigenvalue weighted by Crippen LogP contribution is 2.24. The predicted molar refractivity (Wildman–Crippen MR) is 96.9 cm³/mol. The summed E-state index contributed by atoms with van der Waals surface area (Å²) in [5.41, 5.74) is 0.439. The summed E-state index contributed by atoms with van der Waals surface area (Å²) in [7, 11) is 0. The number of amides is 1. The van der Waals surface area contributed by atoms with Crippen molar-refractivity contribution in [1.82, 2.24) is 10.6 Å². The Labute approximate surface area is 150 Å². The zero-order valence-electron chi connectivity index (χ0n) is 13.2. The van der Waals surface area contributed by atoms with Gasteiger partial charge in [0.15, 0.2) is 5.11 Å². The van der Waals surface area contributed by atoms with Gasteiger partial charge in [0.2, 0.25) is 0 Å². The van der Waals surface area contributed by atoms with E-state index in [1.54, 1.807) is 12.1 Å². The van der Waals surface area contributed by atoms with Crippen LogP contribution in [0.2, 0.25) is 0 Å². The van der Waals surface area contributed by atoms with Gasteiger partial charge in [0, 0.05) is 17.6 Å². The fourth-order valence-corrected chi connectivity index (χ4v) is 2.80. The van der Waals surface area contributed by atoms with Crippen LogP contribution in [-0.2, 0) is 4.74 Å². The smallest absolute Gasteiger partial charge is 0.261 e. The van der Waals surface area contributed by atoms with Gasteiger partial charge in [-0.1, -0.05) is 15.9 Å². The normalized spacial score (nSPS) is 17.1. The maximum atomic E-state index is 12.4. The van der Waals surface area contributed by atoms with Crippen LogP contribution in [0.15, 0.2) is 22.7 Å².